The Kier molecular flexibility index (Phi) is 6.18. The van der Waals surface area contributed by atoms with Crippen LogP contribution >= 0.6 is 0 Å². The molecule has 0 aliphatic heterocycles. The van der Waals surface area contributed by atoms with Gasteiger partial charge in [-0.25, -0.2) is 0 Å². The number of benzene rings is 1. The summed E-state index contributed by atoms with van der Waals surface area (Å²) < 4.78 is 1.88. The average Bonchev–Trinajstić information content (AvgIpc) is 3.03. The van der Waals surface area contributed by atoms with Gasteiger partial charge < -0.3 is 10.4 Å². The monoisotopic (exact) mass is 357 g/mol. The van der Waals surface area contributed by atoms with Gasteiger partial charge in [-0.2, -0.15) is 5.10 Å². The summed E-state index contributed by atoms with van der Waals surface area (Å²) in [6, 6.07) is 10.9. The molecule has 1 atom stereocenters. The maximum absolute atomic E-state index is 12.5. The number of carboxylic acids is 1. The molecule has 1 amide bonds. The van der Waals surface area contributed by atoms with E-state index >= 15 is 0 Å². The van der Waals surface area contributed by atoms with E-state index in [1.807, 2.05) is 17.7 Å². The Bertz CT molecular complexity index is 766. The molecule has 0 spiro atoms. The second-order valence-corrected chi connectivity index (χ2v) is 6.77. The van der Waals surface area contributed by atoms with E-state index in [1.54, 1.807) is 37.3 Å². The summed E-state index contributed by atoms with van der Waals surface area (Å²) in [4.78, 5) is 24.4. The Hall–Kier alpha value is -2.63. The Morgan fingerprint density at radius 1 is 1.23 bits per heavy atom. The van der Waals surface area contributed by atoms with Crippen LogP contribution in [0.1, 0.15) is 61.4 Å². The van der Waals surface area contributed by atoms with Crippen molar-refractivity contribution in [3.05, 3.63) is 53.3 Å². The highest BCUT2D eigenvalue weighted by atomic mass is 16.4. The van der Waals surface area contributed by atoms with Gasteiger partial charge in [0.15, 0.2) is 0 Å². The van der Waals surface area contributed by atoms with Crippen LogP contribution in [-0.4, -0.2) is 33.3 Å². The molecule has 2 aromatic rings. The summed E-state index contributed by atoms with van der Waals surface area (Å²) in [5.74, 6) is -1.34. The second kappa shape index (κ2) is 8.17. The third-order valence-corrected chi connectivity index (χ3v) is 4.93. The van der Waals surface area contributed by atoms with Crippen molar-refractivity contribution in [3.63, 3.8) is 0 Å². The van der Waals surface area contributed by atoms with Crippen LogP contribution in [0.3, 0.4) is 0 Å². The topological polar surface area (TPSA) is 84.2 Å². The van der Waals surface area contributed by atoms with Crippen molar-refractivity contribution in [2.75, 3.05) is 6.54 Å². The first-order valence-electron chi connectivity index (χ1n) is 8.96. The molecule has 26 heavy (non-hydrogen) atoms. The molecule has 0 fully saturated rings. The summed E-state index contributed by atoms with van der Waals surface area (Å²) in [6.07, 6.45) is 1.87. The van der Waals surface area contributed by atoms with Gasteiger partial charge in [-0.15, -0.1) is 0 Å². The third kappa shape index (κ3) is 3.95. The van der Waals surface area contributed by atoms with E-state index in [0.717, 1.165) is 18.5 Å². The van der Waals surface area contributed by atoms with Crippen LogP contribution in [0.15, 0.2) is 36.4 Å². The number of hydrogen-bond acceptors (Lipinski definition) is 3. The molecule has 0 aliphatic carbocycles. The van der Waals surface area contributed by atoms with Crippen LogP contribution in [-0.2, 0) is 10.2 Å². The first-order chi connectivity index (χ1) is 12.3. The normalized spacial score (nSPS) is 13.4. The van der Waals surface area contributed by atoms with Gasteiger partial charge in [-0.05, 0) is 38.3 Å². The van der Waals surface area contributed by atoms with Crippen molar-refractivity contribution in [1.29, 1.82) is 0 Å². The van der Waals surface area contributed by atoms with Gasteiger partial charge in [0, 0.05) is 12.2 Å². The fourth-order valence-electron chi connectivity index (χ4n) is 3.06. The lowest BCUT2D eigenvalue weighted by atomic mass is 9.82. The van der Waals surface area contributed by atoms with Crippen molar-refractivity contribution in [2.45, 2.75) is 52.0 Å². The van der Waals surface area contributed by atoms with E-state index in [1.165, 1.54) is 0 Å². The number of aromatic nitrogens is 2. The van der Waals surface area contributed by atoms with Crippen LogP contribution in [0, 0.1) is 6.92 Å². The lowest BCUT2D eigenvalue weighted by Crippen LogP contribution is -2.44. The van der Waals surface area contributed by atoms with Crippen LogP contribution < -0.4 is 5.32 Å². The standard InChI is InChI=1S/C20H27N3O3/c1-5-16(6-2)23-14(3)12-17(22-23)18(24)21-13-20(4,19(25)26)15-10-8-7-9-11-15/h7-12,16H,5-6,13H2,1-4H3,(H,21,24)(H,25,26). The van der Waals surface area contributed by atoms with E-state index in [2.05, 4.69) is 24.3 Å². The van der Waals surface area contributed by atoms with Crippen molar-refractivity contribution < 1.29 is 14.7 Å². The minimum Gasteiger partial charge on any atom is -0.481 e. The fraction of sp³-hybridized carbons (Fsp3) is 0.450. The Morgan fingerprint density at radius 2 is 1.85 bits per heavy atom. The predicted molar refractivity (Wildman–Crippen MR) is 100 cm³/mol. The number of aliphatic carboxylic acids is 1. The third-order valence-electron chi connectivity index (χ3n) is 4.93. The average molecular weight is 357 g/mol. The number of rotatable bonds is 8. The molecule has 2 N–H and O–H groups in total. The van der Waals surface area contributed by atoms with E-state index < -0.39 is 11.4 Å². The van der Waals surface area contributed by atoms with Crippen LogP contribution in [0.4, 0.5) is 0 Å². The number of carbonyl (C=O) groups is 2. The van der Waals surface area contributed by atoms with E-state index in [0.29, 0.717) is 11.3 Å². The Morgan fingerprint density at radius 3 is 2.38 bits per heavy atom. The molecule has 6 heteroatoms. The minimum absolute atomic E-state index is 0.0118. The number of aryl methyl sites for hydroxylation is 1. The smallest absolute Gasteiger partial charge is 0.315 e. The zero-order chi connectivity index (χ0) is 19.3. The molecule has 0 bridgehead atoms. The van der Waals surface area contributed by atoms with Gasteiger partial charge in [0.05, 0.1) is 6.04 Å². The maximum atomic E-state index is 12.5. The molecular formula is C20H27N3O3. The Labute approximate surface area is 154 Å². The zero-order valence-electron chi connectivity index (χ0n) is 15.8. The van der Waals surface area contributed by atoms with E-state index in [4.69, 9.17) is 0 Å². The van der Waals surface area contributed by atoms with E-state index in [-0.39, 0.29) is 18.5 Å². The number of carboxylic acid groups (broad SMARTS) is 1. The second-order valence-electron chi connectivity index (χ2n) is 6.77. The van der Waals surface area contributed by atoms with Gasteiger partial charge in [0.2, 0.25) is 0 Å². The SMILES string of the molecule is CCC(CC)n1nc(C(=O)NCC(C)(C(=O)O)c2ccccc2)cc1C. The summed E-state index contributed by atoms with van der Waals surface area (Å²) in [7, 11) is 0. The van der Waals surface area contributed by atoms with Crippen LogP contribution in [0.2, 0.25) is 0 Å². The zero-order valence-corrected chi connectivity index (χ0v) is 15.8. The molecular weight excluding hydrogens is 330 g/mol. The molecule has 1 aromatic carbocycles. The first-order valence-corrected chi connectivity index (χ1v) is 8.96. The van der Waals surface area contributed by atoms with Gasteiger partial charge in [-0.3, -0.25) is 14.3 Å². The van der Waals surface area contributed by atoms with Gasteiger partial charge in [0.25, 0.3) is 5.91 Å². The number of hydrogen-bond donors (Lipinski definition) is 2. The van der Waals surface area contributed by atoms with Gasteiger partial charge in [0.1, 0.15) is 11.1 Å². The molecule has 1 unspecified atom stereocenters. The lowest BCUT2D eigenvalue weighted by molar-refractivity contribution is -0.142. The summed E-state index contributed by atoms with van der Waals surface area (Å²) >= 11 is 0. The highest BCUT2D eigenvalue weighted by molar-refractivity contribution is 5.93. The van der Waals surface area contributed by atoms with E-state index in [9.17, 15) is 14.7 Å². The minimum atomic E-state index is -1.20. The number of amides is 1. The van der Waals surface area contributed by atoms with Crippen molar-refractivity contribution >= 4 is 11.9 Å². The van der Waals surface area contributed by atoms with Crippen molar-refractivity contribution in [2.24, 2.45) is 0 Å². The molecule has 0 radical (unpaired) electrons. The fourth-order valence-corrected chi connectivity index (χ4v) is 3.06. The predicted octanol–water partition coefficient (Wildman–Crippen LogP) is 3.32. The van der Waals surface area contributed by atoms with Gasteiger partial charge in [-0.1, -0.05) is 44.2 Å². The molecule has 1 heterocycles. The largest absolute Gasteiger partial charge is 0.481 e. The number of carbonyl (C=O) groups excluding carboxylic acids is 1. The number of nitrogens with zero attached hydrogens (tertiary/aromatic N) is 2. The van der Waals surface area contributed by atoms with Crippen molar-refractivity contribution in [1.82, 2.24) is 15.1 Å². The molecule has 0 saturated heterocycles. The van der Waals surface area contributed by atoms with Crippen LogP contribution in [0.25, 0.3) is 0 Å². The molecule has 140 valence electrons. The summed E-state index contributed by atoms with van der Waals surface area (Å²) in [5.41, 5.74) is 0.679. The maximum Gasteiger partial charge on any atom is 0.315 e. The van der Waals surface area contributed by atoms with Crippen molar-refractivity contribution in [3.8, 4) is 0 Å². The molecule has 0 saturated carbocycles. The lowest BCUT2D eigenvalue weighted by Gasteiger charge is -2.25. The highest BCUT2D eigenvalue weighted by Crippen LogP contribution is 2.23. The molecule has 0 aliphatic rings. The van der Waals surface area contributed by atoms with Gasteiger partial charge >= 0.3 is 5.97 Å². The molecule has 1 aromatic heterocycles. The first kappa shape index (κ1) is 19.7. The number of nitrogens with one attached hydrogen (secondary N) is 1. The Balaban J connectivity index is 2.17. The molecule has 2 rings (SSSR count). The highest BCUT2D eigenvalue weighted by Gasteiger charge is 2.35. The summed E-state index contributed by atoms with van der Waals surface area (Å²) in [5, 5.41) is 16.8. The van der Waals surface area contributed by atoms with Crippen LogP contribution in [0.5, 0.6) is 0 Å². The summed E-state index contributed by atoms with van der Waals surface area (Å²) in [6.45, 7) is 7.70. The molecule has 6 nitrogen and oxygen atoms in total. The quantitative estimate of drug-likeness (QED) is 0.759.